The molecule has 0 aromatic heterocycles. The molecular formula is C2H4F5N2OP. The van der Waals surface area contributed by atoms with E-state index in [4.69, 9.17) is 0 Å². The van der Waals surface area contributed by atoms with E-state index in [1.165, 1.54) is 0 Å². The van der Waals surface area contributed by atoms with E-state index in [9.17, 15) is 26.5 Å². The lowest BCUT2D eigenvalue weighted by atomic mass is 10.7. The zero-order valence-corrected chi connectivity index (χ0v) is 5.79. The second-order valence-corrected chi connectivity index (χ2v) is 3.73. The molecule has 0 saturated carbocycles. The summed E-state index contributed by atoms with van der Waals surface area (Å²) in [4.78, 5) is 0. The Balaban J connectivity index is 4.91. The van der Waals surface area contributed by atoms with Gasteiger partial charge in [-0.3, -0.25) is 15.6 Å². The lowest BCUT2D eigenvalue weighted by Gasteiger charge is -2.21. The second-order valence-electron chi connectivity index (χ2n) is 1.75. The average molecular weight is 198 g/mol. The Morgan fingerprint density at radius 2 is 1.27 bits per heavy atom. The summed E-state index contributed by atoms with van der Waals surface area (Å²) < 4.78 is 67.3. The van der Waals surface area contributed by atoms with Gasteiger partial charge in [0.05, 0.1) is 0 Å². The van der Waals surface area contributed by atoms with Gasteiger partial charge in [0, 0.05) is 0 Å². The van der Waals surface area contributed by atoms with E-state index < -0.39 is 19.3 Å². The minimum atomic E-state index is -5.97. The normalized spacial score (nSPS) is 15.2. The zero-order chi connectivity index (χ0) is 9.50. The van der Waals surface area contributed by atoms with Crippen molar-refractivity contribution in [3.63, 3.8) is 0 Å². The summed E-state index contributed by atoms with van der Waals surface area (Å²) in [6.45, 7) is 0. The topological polar surface area (TPSA) is 69.1 Å². The summed E-state index contributed by atoms with van der Waals surface area (Å²) >= 11 is 0. The van der Waals surface area contributed by atoms with Crippen molar-refractivity contribution in [3.8, 4) is 0 Å². The van der Waals surface area contributed by atoms with Crippen LogP contribution in [0.15, 0.2) is 0 Å². The number of halogens is 5. The Kier molecular flexibility index (Phi) is 2.35. The van der Waals surface area contributed by atoms with Crippen molar-refractivity contribution < 1.29 is 26.5 Å². The highest BCUT2D eigenvalue weighted by atomic mass is 31.2. The molecule has 68 valence electrons. The van der Waals surface area contributed by atoms with E-state index >= 15 is 0 Å². The molecule has 0 unspecified atom stereocenters. The summed E-state index contributed by atoms with van der Waals surface area (Å²) in [7, 11) is -5.45. The maximum atomic E-state index is 11.8. The average Bonchev–Trinajstić information content (AvgIpc) is 1.58. The third kappa shape index (κ3) is 1.88. The first-order chi connectivity index (χ1) is 4.50. The molecule has 9 heteroatoms. The van der Waals surface area contributed by atoms with Crippen LogP contribution >= 0.6 is 7.44 Å². The smallest absolute Gasteiger partial charge is 0.283 e. The predicted molar refractivity (Wildman–Crippen MR) is 27.0 cm³/mol. The number of nitrogens with two attached hydrogens (primary N) is 2. The monoisotopic (exact) mass is 198 g/mol. The van der Waals surface area contributed by atoms with E-state index in [-0.39, 0.29) is 0 Å². The Bertz CT molecular complexity index is 193. The van der Waals surface area contributed by atoms with Gasteiger partial charge in [0.2, 0.25) is 0 Å². The molecule has 0 saturated heterocycles. The molecule has 3 nitrogen and oxygen atoms in total. The van der Waals surface area contributed by atoms with Crippen LogP contribution in [0.1, 0.15) is 0 Å². The van der Waals surface area contributed by atoms with Gasteiger partial charge in [-0.05, 0) is 0 Å². The molecule has 0 aromatic carbocycles. The van der Waals surface area contributed by atoms with Gasteiger partial charge in [-0.25, -0.2) is 0 Å². The Morgan fingerprint density at radius 1 is 1.00 bits per heavy atom. The minimum absolute atomic E-state index is 3.96. The van der Waals surface area contributed by atoms with Gasteiger partial charge in [0.25, 0.3) is 7.44 Å². The number of hydrogen-bond acceptors (Lipinski definition) is 1. The van der Waals surface area contributed by atoms with Crippen LogP contribution in [-0.2, 0) is 4.57 Å². The predicted octanol–water partition coefficient (Wildman–Crippen LogP) is 1.25. The molecule has 11 heavy (non-hydrogen) atoms. The first-order valence-corrected chi connectivity index (χ1v) is 3.96. The van der Waals surface area contributed by atoms with Crippen LogP contribution in [0, 0.1) is 0 Å². The number of hydrogen-bond donors (Lipinski definition) is 2. The molecule has 0 aliphatic rings. The lowest BCUT2D eigenvalue weighted by molar-refractivity contribution is -0.243. The summed E-state index contributed by atoms with van der Waals surface area (Å²) in [6, 6.07) is 0. The standard InChI is InChI=1S/C2H4F5N2OP/c3-1(4,5)2(6,7)11(8,9)10/h(H4,8,9,10). The van der Waals surface area contributed by atoms with Gasteiger partial charge in [0.1, 0.15) is 0 Å². The third-order valence-corrected chi connectivity index (χ3v) is 1.91. The van der Waals surface area contributed by atoms with Gasteiger partial charge >= 0.3 is 11.8 Å². The Labute approximate surface area is 58.0 Å². The molecule has 0 aliphatic heterocycles. The quantitative estimate of drug-likeness (QED) is 0.492. The fourth-order valence-electron chi connectivity index (χ4n) is 0.198. The van der Waals surface area contributed by atoms with Crippen LogP contribution in [-0.4, -0.2) is 11.8 Å². The van der Waals surface area contributed by atoms with Crippen molar-refractivity contribution in [2.24, 2.45) is 11.0 Å². The van der Waals surface area contributed by atoms with E-state index in [0.717, 1.165) is 0 Å². The molecule has 4 N–H and O–H groups in total. The molecule has 0 amide bonds. The highest BCUT2D eigenvalue weighted by molar-refractivity contribution is 7.60. The highest BCUT2D eigenvalue weighted by Crippen LogP contribution is 2.55. The molecule has 0 spiro atoms. The Morgan fingerprint density at radius 3 is 1.27 bits per heavy atom. The number of alkyl halides is 5. The van der Waals surface area contributed by atoms with Crippen molar-refractivity contribution in [2.75, 3.05) is 0 Å². The van der Waals surface area contributed by atoms with Crippen LogP contribution in [0.25, 0.3) is 0 Å². The first kappa shape index (κ1) is 10.8. The van der Waals surface area contributed by atoms with E-state index in [1.54, 1.807) is 0 Å². The summed E-state index contributed by atoms with van der Waals surface area (Å²) in [5.41, 5.74) is 2.41. The molecule has 0 aliphatic carbocycles. The SMILES string of the molecule is NP(N)(=O)C(F)(F)C(F)(F)F. The van der Waals surface area contributed by atoms with E-state index in [2.05, 4.69) is 11.0 Å². The van der Waals surface area contributed by atoms with Crippen molar-refractivity contribution in [1.29, 1.82) is 0 Å². The summed E-state index contributed by atoms with van der Waals surface area (Å²) in [5.74, 6) is 0. The van der Waals surface area contributed by atoms with Crippen LogP contribution in [0.5, 0.6) is 0 Å². The van der Waals surface area contributed by atoms with E-state index in [0.29, 0.717) is 0 Å². The fourth-order valence-corrected chi connectivity index (χ4v) is 0.594. The van der Waals surface area contributed by atoms with E-state index in [1.807, 2.05) is 0 Å². The molecule has 0 aromatic rings. The number of rotatable bonds is 1. The van der Waals surface area contributed by atoms with Gasteiger partial charge < -0.3 is 0 Å². The fraction of sp³-hybridized carbons (Fsp3) is 1.00. The third-order valence-electron chi connectivity index (χ3n) is 0.780. The van der Waals surface area contributed by atoms with Crippen molar-refractivity contribution in [2.45, 2.75) is 11.8 Å². The van der Waals surface area contributed by atoms with Crippen LogP contribution in [0.3, 0.4) is 0 Å². The molecule has 0 bridgehead atoms. The van der Waals surface area contributed by atoms with Crippen molar-refractivity contribution in [3.05, 3.63) is 0 Å². The van der Waals surface area contributed by atoms with Crippen LogP contribution in [0.2, 0.25) is 0 Å². The molecule has 0 rings (SSSR count). The highest BCUT2D eigenvalue weighted by Gasteiger charge is 2.66. The van der Waals surface area contributed by atoms with Gasteiger partial charge in [0.15, 0.2) is 0 Å². The minimum Gasteiger partial charge on any atom is -0.283 e. The first-order valence-electron chi connectivity index (χ1n) is 2.12. The Hall–Kier alpha value is -0.200. The molecule has 0 radical (unpaired) electrons. The van der Waals surface area contributed by atoms with Crippen molar-refractivity contribution in [1.82, 2.24) is 0 Å². The molecular weight excluding hydrogens is 194 g/mol. The second kappa shape index (κ2) is 2.40. The lowest BCUT2D eigenvalue weighted by Crippen LogP contribution is -2.41. The molecule has 0 fully saturated rings. The maximum absolute atomic E-state index is 11.8. The van der Waals surface area contributed by atoms with Crippen LogP contribution < -0.4 is 11.0 Å². The van der Waals surface area contributed by atoms with Crippen molar-refractivity contribution >= 4 is 7.44 Å². The van der Waals surface area contributed by atoms with Crippen LogP contribution in [0.4, 0.5) is 22.0 Å². The largest absolute Gasteiger partial charge is 0.463 e. The summed E-state index contributed by atoms with van der Waals surface area (Å²) in [6.07, 6.45) is -5.97. The van der Waals surface area contributed by atoms with Gasteiger partial charge in [-0.1, -0.05) is 0 Å². The molecule has 0 heterocycles. The van der Waals surface area contributed by atoms with Gasteiger partial charge in [-0.15, -0.1) is 0 Å². The summed E-state index contributed by atoms with van der Waals surface area (Å²) in [5, 5.41) is 0. The molecule has 0 atom stereocenters. The van der Waals surface area contributed by atoms with Gasteiger partial charge in [-0.2, -0.15) is 22.0 Å². The zero-order valence-electron chi connectivity index (χ0n) is 4.90. The maximum Gasteiger partial charge on any atom is 0.463 e.